The van der Waals surface area contributed by atoms with E-state index in [0.717, 1.165) is 17.4 Å². The first-order valence-electron chi connectivity index (χ1n) is 6.70. The van der Waals surface area contributed by atoms with Crippen LogP contribution in [0, 0.1) is 0 Å². The quantitative estimate of drug-likeness (QED) is 0.806. The second kappa shape index (κ2) is 6.78. The topological polar surface area (TPSA) is 41.0 Å². The molecule has 0 radical (unpaired) electrons. The Kier molecular flexibility index (Phi) is 5.23. The van der Waals surface area contributed by atoms with E-state index in [1.54, 1.807) is 18.2 Å². The molecule has 1 N–H and O–H groups in total. The van der Waals surface area contributed by atoms with Gasteiger partial charge in [-0.2, -0.15) is 13.2 Å². The van der Waals surface area contributed by atoms with Gasteiger partial charge in [-0.05, 0) is 45.3 Å². The molecule has 1 aromatic heterocycles. The first-order valence-corrected chi connectivity index (χ1v) is 7.50. The van der Waals surface area contributed by atoms with Crippen molar-refractivity contribution in [1.82, 2.24) is 14.9 Å². The third-order valence-electron chi connectivity index (χ3n) is 2.99. The fourth-order valence-corrected chi connectivity index (χ4v) is 2.33. The predicted molar refractivity (Wildman–Crippen MR) is 83.9 cm³/mol. The Morgan fingerprint density at radius 2 is 1.95 bits per heavy atom. The van der Waals surface area contributed by atoms with Gasteiger partial charge >= 0.3 is 6.18 Å². The van der Waals surface area contributed by atoms with Crippen LogP contribution in [0.15, 0.2) is 22.7 Å². The zero-order valence-corrected chi connectivity index (χ0v) is 13.8. The number of benzene rings is 1. The lowest BCUT2D eigenvalue weighted by Crippen LogP contribution is -2.18. The van der Waals surface area contributed by atoms with Crippen LogP contribution in [-0.2, 0) is 6.18 Å². The van der Waals surface area contributed by atoms with E-state index in [0.29, 0.717) is 11.9 Å². The van der Waals surface area contributed by atoms with E-state index in [1.165, 1.54) is 0 Å². The summed E-state index contributed by atoms with van der Waals surface area (Å²) >= 11 is 3.31. The number of nitrogens with one attached hydrogen (secondary N) is 1. The van der Waals surface area contributed by atoms with Crippen LogP contribution in [0.5, 0.6) is 0 Å². The zero-order valence-electron chi connectivity index (χ0n) is 12.2. The molecule has 0 saturated carbocycles. The molecule has 120 valence electrons. The number of rotatable bonds is 5. The number of hydrogen-bond donors (Lipinski definition) is 1. The lowest BCUT2D eigenvalue weighted by Gasteiger charge is -2.13. The van der Waals surface area contributed by atoms with Gasteiger partial charge in [0.1, 0.15) is 5.82 Å². The Morgan fingerprint density at radius 3 is 2.59 bits per heavy atom. The van der Waals surface area contributed by atoms with Crippen molar-refractivity contribution in [3.05, 3.63) is 28.5 Å². The predicted octanol–water partition coefficient (Wildman–Crippen LogP) is 3.77. The Morgan fingerprint density at radius 1 is 1.23 bits per heavy atom. The minimum absolute atomic E-state index is 0.206. The molecule has 2 aromatic rings. The molecule has 22 heavy (non-hydrogen) atoms. The van der Waals surface area contributed by atoms with Crippen molar-refractivity contribution in [2.45, 2.75) is 12.6 Å². The third kappa shape index (κ3) is 4.30. The number of anilines is 1. The van der Waals surface area contributed by atoms with E-state index >= 15 is 0 Å². The molecule has 0 amide bonds. The van der Waals surface area contributed by atoms with Crippen molar-refractivity contribution < 1.29 is 13.2 Å². The van der Waals surface area contributed by atoms with Crippen LogP contribution in [0.3, 0.4) is 0 Å². The van der Waals surface area contributed by atoms with Crippen LogP contribution in [0.25, 0.3) is 10.9 Å². The summed E-state index contributed by atoms with van der Waals surface area (Å²) in [5.41, 5.74) is 0.264. The third-order valence-corrected chi connectivity index (χ3v) is 3.48. The lowest BCUT2D eigenvalue weighted by molar-refractivity contribution is -0.144. The molecule has 0 spiro atoms. The van der Waals surface area contributed by atoms with E-state index in [-0.39, 0.29) is 11.3 Å². The minimum Gasteiger partial charge on any atom is -0.369 e. The molecule has 0 fully saturated rings. The van der Waals surface area contributed by atoms with Crippen molar-refractivity contribution in [1.29, 1.82) is 0 Å². The number of aromatic nitrogens is 2. The fourth-order valence-electron chi connectivity index (χ4n) is 1.96. The SMILES string of the molecule is CN(C)CCCNc1nc(C(F)(F)F)nc2ccc(Br)cc12. The molecule has 0 aliphatic heterocycles. The first-order chi connectivity index (χ1) is 10.3. The van der Waals surface area contributed by atoms with Gasteiger partial charge in [0.05, 0.1) is 5.52 Å². The summed E-state index contributed by atoms with van der Waals surface area (Å²) in [4.78, 5) is 9.26. The second-order valence-electron chi connectivity index (χ2n) is 5.14. The fraction of sp³-hybridized carbons (Fsp3) is 0.429. The van der Waals surface area contributed by atoms with Crippen molar-refractivity contribution in [3.8, 4) is 0 Å². The Labute approximate surface area is 134 Å². The highest BCUT2D eigenvalue weighted by atomic mass is 79.9. The first kappa shape index (κ1) is 17.0. The number of nitrogens with zero attached hydrogens (tertiary/aromatic N) is 3. The highest BCUT2D eigenvalue weighted by Crippen LogP contribution is 2.31. The molecule has 0 atom stereocenters. The van der Waals surface area contributed by atoms with Gasteiger partial charge in [-0.25, -0.2) is 9.97 Å². The average molecular weight is 377 g/mol. The molecule has 0 unspecified atom stereocenters. The Bertz CT molecular complexity index is 658. The van der Waals surface area contributed by atoms with Gasteiger partial charge in [-0.15, -0.1) is 0 Å². The highest BCUT2D eigenvalue weighted by molar-refractivity contribution is 9.10. The van der Waals surface area contributed by atoms with Crippen molar-refractivity contribution >= 4 is 32.7 Å². The molecular formula is C14H16BrF3N4. The van der Waals surface area contributed by atoms with Gasteiger partial charge in [-0.3, -0.25) is 0 Å². The van der Waals surface area contributed by atoms with Crippen LogP contribution in [0.1, 0.15) is 12.2 Å². The van der Waals surface area contributed by atoms with E-state index in [9.17, 15) is 13.2 Å². The summed E-state index contributed by atoms with van der Waals surface area (Å²) in [6.07, 6.45) is -3.77. The lowest BCUT2D eigenvalue weighted by atomic mass is 10.2. The average Bonchev–Trinajstić information content (AvgIpc) is 2.42. The largest absolute Gasteiger partial charge is 0.451 e. The molecule has 0 aliphatic rings. The smallest absolute Gasteiger partial charge is 0.369 e. The summed E-state index contributed by atoms with van der Waals surface area (Å²) in [6.45, 7) is 1.37. The van der Waals surface area contributed by atoms with Gasteiger partial charge in [0.15, 0.2) is 0 Å². The zero-order chi connectivity index (χ0) is 16.3. The van der Waals surface area contributed by atoms with Crippen molar-refractivity contribution in [2.75, 3.05) is 32.5 Å². The van der Waals surface area contributed by atoms with Crippen LogP contribution in [0.4, 0.5) is 19.0 Å². The summed E-state index contributed by atoms with van der Waals surface area (Å²) in [5.74, 6) is -0.921. The normalized spacial score (nSPS) is 12.1. The molecule has 0 bridgehead atoms. The van der Waals surface area contributed by atoms with E-state index in [1.807, 2.05) is 19.0 Å². The number of alkyl halides is 3. The van der Waals surface area contributed by atoms with Gasteiger partial charge in [-0.1, -0.05) is 15.9 Å². The van der Waals surface area contributed by atoms with Crippen LogP contribution in [-0.4, -0.2) is 42.1 Å². The van der Waals surface area contributed by atoms with Gasteiger partial charge in [0, 0.05) is 16.4 Å². The van der Waals surface area contributed by atoms with E-state index < -0.39 is 12.0 Å². The summed E-state index contributed by atoms with van der Waals surface area (Å²) in [5, 5.41) is 3.55. The molecule has 2 rings (SSSR count). The molecule has 1 aromatic carbocycles. The summed E-state index contributed by atoms with van der Waals surface area (Å²) < 4.78 is 39.5. The molecule has 8 heteroatoms. The molecule has 4 nitrogen and oxygen atoms in total. The van der Waals surface area contributed by atoms with Gasteiger partial charge in [0.2, 0.25) is 5.82 Å². The molecule has 1 heterocycles. The number of hydrogen-bond acceptors (Lipinski definition) is 4. The van der Waals surface area contributed by atoms with Crippen LogP contribution < -0.4 is 5.32 Å². The number of halogens is 4. The van der Waals surface area contributed by atoms with E-state index in [2.05, 4.69) is 31.2 Å². The standard InChI is InChI=1S/C14H16BrF3N4/c1-22(2)7-3-6-19-12-10-8-9(15)4-5-11(10)20-13(21-12)14(16,17)18/h4-5,8H,3,6-7H2,1-2H3,(H,19,20,21). The maximum Gasteiger partial charge on any atom is 0.451 e. The summed E-state index contributed by atoms with van der Waals surface area (Å²) in [7, 11) is 3.89. The van der Waals surface area contributed by atoms with E-state index in [4.69, 9.17) is 0 Å². The Hall–Kier alpha value is -1.41. The van der Waals surface area contributed by atoms with Crippen molar-refractivity contribution in [2.24, 2.45) is 0 Å². The monoisotopic (exact) mass is 376 g/mol. The molecule has 0 aliphatic carbocycles. The summed E-state index contributed by atoms with van der Waals surface area (Å²) in [6, 6.07) is 4.91. The van der Waals surface area contributed by atoms with Gasteiger partial charge in [0.25, 0.3) is 0 Å². The maximum absolute atomic E-state index is 12.9. The second-order valence-corrected chi connectivity index (χ2v) is 6.05. The maximum atomic E-state index is 12.9. The molecular weight excluding hydrogens is 361 g/mol. The van der Waals surface area contributed by atoms with Gasteiger partial charge < -0.3 is 10.2 Å². The Balaban J connectivity index is 2.34. The minimum atomic E-state index is -4.57. The highest BCUT2D eigenvalue weighted by Gasteiger charge is 2.35. The van der Waals surface area contributed by atoms with Crippen LogP contribution >= 0.6 is 15.9 Å². The van der Waals surface area contributed by atoms with Crippen LogP contribution in [0.2, 0.25) is 0 Å². The van der Waals surface area contributed by atoms with Crippen molar-refractivity contribution in [3.63, 3.8) is 0 Å². The molecule has 0 saturated heterocycles. The number of fused-ring (bicyclic) bond motifs is 1.